The number of hydrogen-bond acceptors (Lipinski definition) is 4. The predicted octanol–water partition coefficient (Wildman–Crippen LogP) is 1.03. The molecule has 1 aliphatic rings. The summed E-state index contributed by atoms with van der Waals surface area (Å²) >= 11 is 0. The van der Waals surface area contributed by atoms with Crippen molar-refractivity contribution in [1.82, 2.24) is 0 Å². The summed E-state index contributed by atoms with van der Waals surface area (Å²) in [5.41, 5.74) is 0. The van der Waals surface area contributed by atoms with Gasteiger partial charge in [-0.25, -0.2) is 4.79 Å². The van der Waals surface area contributed by atoms with Gasteiger partial charge in [-0.3, -0.25) is 0 Å². The van der Waals surface area contributed by atoms with E-state index >= 15 is 0 Å². The molecular formula is C8H14O4. The molecular weight excluding hydrogens is 160 g/mol. The Morgan fingerprint density at radius 1 is 1.83 bits per heavy atom. The SMILES string of the molecule is C=C(O)C(=O)OCC.CC1CO1. The molecule has 0 aromatic rings. The van der Waals surface area contributed by atoms with E-state index in [2.05, 4.69) is 18.2 Å². The zero-order chi connectivity index (χ0) is 9.56. The van der Waals surface area contributed by atoms with Crippen molar-refractivity contribution in [3.05, 3.63) is 12.3 Å². The third-order valence-corrected chi connectivity index (χ3v) is 1.01. The Hall–Kier alpha value is -1.03. The second-order valence-electron chi connectivity index (χ2n) is 2.31. The van der Waals surface area contributed by atoms with Crippen LogP contribution >= 0.6 is 0 Å². The van der Waals surface area contributed by atoms with Crippen LogP contribution in [0.15, 0.2) is 12.3 Å². The Morgan fingerprint density at radius 3 is 2.33 bits per heavy atom. The highest BCUT2D eigenvalue weighted by atomic mass is 16.6. The minimum absolute atomic E-state index is 0.262. The van der Waals surface area contributed by atoms with Gasteiger partial charge in [0.05, 0.1) is 19.3 Å². The zero-order valence-electron chi connectivity index (χ0n) is 7.37. The van der Waals surface area contributed by atoms with Gasteiger partial charge in [-0.15, -0.1) is 0 Å². The molecule has 70 valence electrons. The van der Waals surface area contributed by atoms with Crippen molar-refractivity contribution in [2.45, 2.75) is 20.0 Å². The van der Waals surface area contributed by atoms with E-state index in [0.717, 1.165) is 6.61 Å². The van der Waals surface area contributed by atoms with Gasteiger partial charge in [0.1, 0.15) is 0 Å². The lowest BCUT2D eigenvalue weighted by Gasteiger charge is -1.95. The molecule has 0 amide bonds. The van der Waals surface area contributed by atoms with Crippen molar-refractivity contribution in [1.29, 1.82) is 0 Å². The summed E-state index contributed by atoms with van der Waals surface area (Å²) in [5, 5.41) is 8.28. The summed E-state index contributed by atoms with van der Waals surface area (Å²) in [6.07, 6.45) is 0.583. The van der Waals surface area contributed by atoms with Crippen LogP contribution in [0.4, 0.5) is 0 Å². The molecule has 1 aliphatic heterocycles. The summed E-state index contributed by atoms with van der Waals surface area (Å²) in [7, 11) is 0. The Labute approximate surface area is 71.8 Å². The highest BCUT2D eigenvalue weighted by molar-refractivity contribution is 5.84. The molecule has 0 aromatic carbocycles. The highest BCUT2D eigenvalue weighted by Gasteiger charge is 2.13. The number of ether oxygens (including phenoxy) is 2. The number of carbonyl (C=O) groups excluding carboxylic acids is 1. The molecule has 1 fully saturated rings. The van der Waals surface area contributed by atoms with Gasteiger partial charge >= 0.3 is 5.97 Å². The van der Waals surface area contributed by atoms with Crippen LogP contribution in [0.25, 0.3) is 0 Å². The topological polar surface area (TPSA) is 59.1 Å². The number of rotatable bonds is 2. The van der Waals surface area contributed by atoms with E-state index in [1.54, 1.807) is 6.92 Å². The first-order valence-electron chi connectivity index (χ1n) is 3.74. The maximum Gasteiger partial charge on any atom is 0.372 e. The summed E-state index contributed by atoms with van der Waals surface area (Å²) < 4.78 is 9.02. The van der Waals surface area contributed by atoms with Gasteiger partial charge in [0.2, 0.25) is 0 Å². The van der Waals surface area contributed by atoms with Crippen LogP contribution in [-0.4, -0.2) is 30.4 Å². The van der Waals surface area contributed by atoms with Gasteiger partial charge < -0.3 is 14.6 Å². The van der Waals surface area contributed by atoms with Gasteiger partial charge in [-0.1, -0.05) is 0 Å². The first-order valence-corrected chi connectivity index (χ1v) is 3.74. The van der Waals surface area contributed by atoms with Crippen molar-refractivity contribution in [3.63, 3.8) is 0 Å². The Balaban J connectivity index is 0.000000247. The maximum absolute atomic E-state index is 10.2. The largest absolute Gasteiger partial charge is 0.502 e. The lowest BCUT2D eigenvalue weighted by molar-refractivity contribution is -0.141. The summed E-state index contributed by atoms with van der Waals surface area (Å²) in [5.74, 6) is -1.31. The summed E-state index contributed by atoms with van der Waals surface area (Å²) in [4.78, 5) is 10.2. The summed E-state index contributed by atoms with van der Waals surface area (Å²) in [6, 6.07) is 0. The van der Waals surface area contributed by atoms with Gasteiger partial charge in [0.15, 0.2) is 5.76 Å². The predicted molar refractivity (Wildman–Crippen MR) is 43.8 cm³/mol. The van der Waals surface area contributed by atoms with E-state index in [9.17, 15) is 4.79 Å². The zero-order valence-corrected chi connectivity index (χ0v) is 7.37. The number of esters is 1. The van der Waals surface area contributed by atoms with E-state index in [4.69, 9.17) is 9.84 Å². The van der Waals surface area contributed by atoms with Gasteiger partial charge in [0.25, 0.3) is 0 Å². The van der Waals surface area contributed by atoms with Gasteiger partial charge in [-0.2, -0.15) is 0 Å². The van der Waals surface area contributed by atoms with E-state index in [0.29, 0.717) is 6.10 Å². The monoisotopic (exact) mass is 174 g/mol. The van der Waals surface area contributed by atoms with Crippen LogP contribution in [0, 0.1) is 0 Å². The first-order chi connectivity index (χ1) is 5.57. The fourth-order valence-electron chi connectivity index (χ4n) is 0.311. The average Bonchev–Trinajstić information content (AvgIpc) is 2.73. The molecule has 12 heavy (non-hydrogen) atoms. The Kier molecular flexibility index (Phi) is 5.12. The highest BCUT2D eigenvalue weighted by Crippen LogP contribution is 2.04. The van der Waals surface area contributed by atoms with Crippen LogP contribution in [0.5, 0.6) is 0 Å². The molecule has 1 heterocycles. The van der Waals surface area contributed by atoms with E-state index in [1.165, 1.54) is 0 Å². The molecule has 0 spiro atoms. The van der Waals surface area contributed by atoms with Gasteiger partial charge in [0, 0.05) is 0 Å². The number of carbonyl (C=O) groups is 1. The Bertz CT molecular complexity index is 160. The van der Waals surface area contributed by atoms with Crippen LogP contribution in [-0.2, 0) is 14.3 Å². The second kappa shape index (κ2) is 5.60. The number of aliphatic hydroxyl groups excluding tert-OH is 1. The number of epoxide rings is 1. The quantitative estimate of drug-likeness (QED) is 0.294. The lowest BCUT2D eigenvalue weighted by atomic mass is 10.6. The first kappa shape index (κ1) is 11.0. The minimum Gasteiger partial charge on any atom is -0.502 e. The van der Waals surface area contributed by atoms with E-state index < -0.39 is 11.7 Å². The lowest BCUT2D eigenvalue weighted by Crippen LogP contribution is -2.05. The molecule has 0 bridgehead atoms. The minimum atomic E-state index is -0.757. The van der Waals surface area contributed by atoms with Crippen LogP contribution in [0.3, 0.4) is 0 Å². The van der Waals surface area contributed by atoms with Gasteiger partial charge in [-0.05, 0) is 20.4 Å². The van der Waals surface area contributed by atoms with Crippen molar-refractivity contribution in [2.75, 3.05) is 13.2 Å². The molecule has 1 atom stereocenters. The van der Waals surface area contributed by atoms with Crippen LogP contribution in [0.2, 0.25) is 0 Å². The molecule has 0 aliphatic carbocycles. The smallest absolute Gasteiger partial charge is 0.372 e. The van der Waals surface area contributed by atoms with E-state index in [-0.39, 0.29) is 6.61 Å². The number of hydrogen-bond donors (Lipinski definition) is 1. The molecule has 1 N–H and O–H groups in total. The Morgan fingerprint density at radius 2 is 2.25 bits per heavy atom. The molecule has 1 rings (SSSR count). The molecule has 1 saturated heterocycles. The van der Waals surface area contributed by atoms with Crippen molar-refractivity contribution >= 4 is 5.97 Å². The third kappa shape index (κ3) is 7.08. The summed E-state index contributed by atoms with van der Waals surface area (Å²) in [6.45, 7) is 7.91. The molecule has 1 unspecified atom stereocenters. The van der Waals surface area contributed by atoms with E-state index in [1.807, 2.05) is 0 Å². The molecule has 4 nitrogen and oxygen atoms in total. The molecule has 0 radical (unpaired) electrons. The normalized spacial score (nSPS) is 18.7. The van der Waals surface area contributed by atoms with Crippen molar-refractivity contribution in [3.8, 4) is 0 Å². The second-order valence-corrected chi connectivity index (χ2v) is 2.31. The average molecular weight is 174 g/mol. The van der Waals surface area contributed by atoms with Crippen molar-refractivity contribution < 1.29 is 19.4 Å². The third-order valence-electron chi connectivity index (χ3n) is 1.01. The van der Waals surface area contributed by atoms with Crippen molar-refractivity contribution in [2.24, 2.45) is 0 Å². The molecule has 0 saturated carbocycles. The fourth-order valence-corrected chi connectivity index (χ4v) is 0.311. The van der Waals surface area contributed by atoms with Crippen LogP contribution in [0.1, 0.15) is 13.8 Å². The fraction of sp³-hybridized carbons (Fsp3) is 0.625. The molecule has 0 aromatic heterocycles. The molecule has 4 heteroatoms. The number of aliphatic hydroxyl groups is 1. The standard InChI is InChI=1S/C5H8O3.C3H6O/c1-3-8-5(7)4(2)6;1-3-2-4-3/h6H,2-3H2,1H3;3H,2H2,1H3. The van der Waals surface area contributed by atoms with Crippen LogP contribution < -0.4 is 0 Å². The maximum atomic E-state index is 10.2.